The van der Waals surface area contributed by atoms with Gasteiger partial charge in [-0.05, 0) is 49.0 Å². The number of nitrogens with two attached hydrogens (primary N) is 1. The molecule has 2 aromatic rings. The molecule has 0 spiro atoms. The number of nitrogens with zero attached hydrogens (tertiary/aromatic N) is 1. The van der Waals surface area contributed by atoms with Gasteiger partial charge in [-0.1, -0.05) is 12.1 Å². The van der Waals surface area contributed by atoms with E-state index in [0.29, 0.717) is 5.69 Å². The van der Waals surface area contributed by atoms with Crippen LogP contribution in [-0.2, 0) is 14.8 Å². The van der Waals surface area contributed by atoms with E-state index in [4.69, 9.17) is 5.14 Å². The lowest BCUT2D eigenvalue weighted by molar-refractivity contribution is -0.117. The van der Waals surface area contributed by atoms with E-state index in [1.54, 1.807) is 23.5 Å². The third kappa shape index (κ3) is 4.02. The van der Waals surface area contributed by atoms with Crippen molar-refractivity contribution in [2.45, 2.75) is 23.8 Å². The van der Waals surface area contributed by atoms with Gasteiger partial charge in [-0.25, -0.2) is 13.6 Å². The molecule has 1 aliphatic heterocycles. The Morgan fingerprint density at radius 2 is 2.17 bits per heavy atom. The van der Waals surface area contributed by atoms with Crippen LogP contribution in [0.4, 0.5) is 5.69 Å². The van der Waals surface area contributed by atoms with E-state index in [2.05, 4.69) is 16.3 Å². The Balaban J connectivity index is 1.66. The molecule has 1 aliphatic rings. The van der Waals surface area contributed by atoms with Gasteiger partial charge in [-0.3, -0.25) is 9.69 Å². The van der Waals surface area contributed by atoms with Crippen molar-refractivity contribution in [2.75, 3.05) is 18.4 Å². The van der Waals surface area contributed by atoms with E-state index >= 15 is 0 Å². The predicted octanol–water partition coefficient (Wildman–Crippen LogP) is 2.17. The predicted molar refractivity (Wildman–Crippen MR) is 94.3 cm³/mol. The van der Waals surface area contributed by atoms with Gasteiger partial charge in [-0.2, -0.15) is 0 Å². The number of amides is 1. The van der Waals surface area contributed by atoms with E-state index in [1.165, 1.54) is 17.0 Å². The summed E-state index contributed by atoms with van der Waals surface area (Å²) in [5.41, 5.74) is 0.429. The summed E-state index contributed by atoms with van der Waals surface area (Å²) >= 11 is 1.71. The summed E-state index contributed by atoms with van der Waals surface area (Å²) in [7, 11) is -3.78. The van der Waals surface area contributed by atoms with Crippen molar-refractivity contribution < 1.29 is 13.2 Å². The second kappa shape index (κ2) is 7.02. The molecule has 128 valence electrons. The molecular formula is C16H19N3O3S2. The molecule has 1 aromatic heterocycles. The first-order valence-electron chi connectivity index (χ1n) is 7.63. The topological polar surface area (TPSA) is 92.5 Å². The molecule has 0 saturated carbocycles. The van der Waals surface area contributed by atoms with Crippen LogP contribution in [0, 0.1) is 0 Å². The Hall–Kier alpha value is -1.74. The van der Waals surface area contributed by atoms with Gasteiger partial charge in [0.2, 0.25) is 15.9 Å². The van der Waals surface area contributed by atoms with Gasteiger partial charge in [0.05, 0.1) is 11.4 Å². The molecule has 0 bridgehead atoms. The highest BCUT2D eigenvalue weighted by atomic mass is 32.2. The maximum absolute atomic E-state index is 12.3. The number of benzene rings is 1. The maximum Gasteiger partial charge on any atom is 0.238 e. The van der Waals surface area contributed by atoms with E-state index in [9.17, 15) is 13.2 Å². The van der Waals surface area contributed by atoms with E-state index < -0.39 is 10.0 Å². The van der Waals surface area contributed by atoms with Crippen LogP contribution >= 0.6 is 11.3 Å². The second-order valence-corrected chi connectivity index (χ2v) is 8.31. The second-order valence-electron chi connectivity index (χ2n) is 5.76. The van der Waals surface area contributed by atoms with Gasteiger partial charge in [0.1, 0.15) is 0 Å². The summed E-state index contributed by atoms with van der Waals surface area (Å²) in [5.74, 6) is -0.162. The molecule has 0 aliphatic carbocycles. The van der Waals surface area contributed by atoms with Crippen LogP contribution in [0.2, 0.25) is 0 Å². The Morgan fingerprint density at radius 3 is 2.88 bits per heavy atom. The van der Waals surface area contributed by atoms with Crippen LogP contribution in [0.15, 0.2) is 46.7 Å². The molecule has 3 rings (SSSR count). The number of likely N-dealkylation sites (tertiary alicyclic amines) is 1. The van der Waals surface area contributed by atoms with Crippen molar-refractivity contribution in [1.29, 1.82) is 0 Å². The fourth-order valence-corrected chi connectivity index (χ4v) is 4.41. The minimum atomic E-state index is -3.78. The number of hydrogen-bond donors (Lipinski definition) is 2. The molecule has 8 heteroatoms. The minimum Gasteiger partial charge on any atom is -0.325 e. The van der Waals surface area contributed by atoms with Crippen molar-refractivity contribution in [3.05, 3.63) is 46.7 Å². The highest BCUT2D eigenvalue weighted by Gasteiger charge is 2.28. The fraction of sp³-hybridized carbons (Fsp3) is 0.312. The molecule has 2 heterocycles. The number of carbonyl (C=O) groups is 1. The summed E-state index contributed by atoms with van der Waals surface area (Å²) in [6.45, 7) is 1.16. The van der Waals surface area contributed by atoms with Crippen molar-refractivity contribution in [3.63, 3.8) is 0 Å². The van der Waals surface area contributed by atoms with Crippen LogP contribution in [0.25, 0.3) is 0 Å². The first kappa shape index (κ1) is 17.1. The zero-order valence-electron chi connectivity index (χ0n) is 13.0. The normalized spacial score (nSPS) is 18.6. The highest BCUT2D eigenvalue weighted by molar-refractivity contribution is 7.89. The number of thiophene rings is 1. The standard InChI is InChI=1S/C16H19N3O3S2/c17-24(21,22)13-5-1-4-12(10-13)18-16(20)11-19-8-2-6-14(19)15-7-3-9-23-15/h1,3-5,7,9-10,14H,2,6,8,11H2,(H,18,20)(H2,17,21,22). The molecule has 3 N–H and O–H groups in total. The number of sulfonamides is 1. The third-order valence-corrected chi connectivity index (χ3v) is 5.91. The summed E-state index contributed by atoms with van der Waals surface area (Å²) < 4.78 is 22.8. The zero-order valence-corrected chi connectivity index (χ0v) is 14.6. The quantitative estimate of drug-likeness (QED) is 0.849. The van der Waals surface area contributed by atoms with Crippen LogP contribution in [0.3, 0.4) is 0 Å². The van der Waals surface area contributed by atoms with Gasteiger partial charge < -0.3 is 5.32 Å². The van der Waals surface area contributed by atoms with Crippen LogP contribution in [0.5, 0.6) is 0 Å². The zero-order chi connectivity index (χ0) is 17.2. The van der Waals surface area contributed by atoms with E-state index in [0.717, 1.165) is 19.4 Å². The summed E-state index contributed by atoms with van der Waals surface area (Å²) in [5, 5.41) is 9.91. The fourth-order valence-electron chi connectivity index (χ4n) is 2.95. The molecule has 1 amide bonds. The lowest BCUT2D eigenvalue weighted by Gasteiger charge is -2.22. The van der Waals surface area contributed by atoms with Crippen molar-refractivity contribution in [1.82, 2.24) is 4.90 Å². The van der Waals surface area contributed by atoms with E-state index in [-0.39, 0.29) is 23.4 Å². The maximum atomic E-state index is 12.3. The van der Waals surface area contributed by atoms with Gasteiger partial charge in [-0.15, -0.1) is 11.3 Å². The highest BCUT2D eigenvalue weighted by Crippen LogP contribution is 2.34. The number of nitrogens with one attached hydrogen (secondary N) is 1. The van der Waals surface area contributed by atoms with Gasteiger partial charge in [0, 0.05) is 16.6 Å². The average molecular weight is 365 g/mol. The Bertz CT molecular complexity index is 819. The molecule has 6 nitrogen and oxygen atoms in total. The molecule has 0 radical (unpaired) electrons. The molecule has 24 heavy (non-hydrogen) atoms. The van der Waals surface area contributed by atoms with Gasteiger partial charge in [0.25, 0.3) is 0 Å². The molecule has 1 unspecified atom stereocenters. The summed E-state index contributed by atoms with van der Waals surface area (Å²) in [4.78, 5) is 15.7. The molecule has 1 aromatic carbocycles. The smallest absolute Gasteiger partial charge is 0.238 e. The lowest BCUT2D eigenvalue weighted by Crippen LogP contribution is -2.32. The largest absolute Gasteiger partial charge is 0.325 e. The summed E-state index contributed by atoms with van der Waals surface area (Å²) in [6.07, 6.45) is 2.12. The third-order valence-electron chi connectivity index (χ3n) is 4.03. The lowest BCUT2D eigenvalue weighted by atomic mass is 10.2. The van der Waals surface area contributed by atoms with Gasteiger partial charge >= 0.3 is 0 Å². The number of hydrogen-bond acceptors (Lipinski definition) is 5. The number of rotatable bonds is 5. The number of carbonyl (C=O) groups excluding carboxylic acids is 1. The minimum absolute atomic E-state index is 0.0158. The van der Waals surface area contributed by atoms with Gasteiger partial charge in [0.15, 0.2) is 0 Å². The number of anilines is 1. The van der Waals surface area contributed by atoms with Crippen LogP contribution in [0.1, 0.15) is 23.8 Å². The van der Waals surface area contributed by atoms with Crippen molar-refractivity contribution >= 4 is 33.0 Å². The van der Waals surface area contributed by atoms with Crippen LogP contribution < -0.4 is 10.5 Å². The van der Waals surface area contributed by atoms with Crippen LogP contribution in [-0.4, -0.2) is 32.3 Å². The molecule has 1 atom stereocenters. The monoisotopic (exact) mass is 365 g/mol. The summed E-state index contributed by atoms with van der Waals surface area (Å²) in [6, 6.07) is 10.4. The van der Waals surface area contributed by atoms with Crippen molar-refractivity contribution in [2.24, 2.45) is 5.14 Å². The Labute approximate surface area is 145 Å². The van der Waals surface area contributed by atoms with E-state index in [1.807, 2.05) is 11.4 Å². The Morgan fingerprint density at radius 1 is 1.33 bits per heavy atom. The Kier molecular flexibility index (Phi) is 5.00. The average Bonchev–Trinajstić information content (AvgIpc) is 3.17. The molecular weight excluding hydrogens is 346 g/mol. The number of primary sulfonamides is 1. The SMILES string of the molecule is NS(=O)(=O)c1cccc(NC(=O)CN2CCCC2c2cccs2)c1. The first-order chi connectivity index (χ1) is 11.4. The molecule has 1 fully saturated rings. The van der Waals surface area contributed by atoms with Crippen molar-refractivity contribution in [3.8, 4) is 0 Å². The molecule has 1 saturated heterocycles. The first-order valence-corrected chi connectivity index (χ1v) is 10.1.